The van der Waals surface area contributed by atoms with E-state index in [1.807, 2.05) is 4.90 Å². The van der Waals surface area contributed by atoms with Gasteiger partial charge in [-0.25, -0.2) is 4.98 Å². The third kappa shape index (κ3) is 3.79. The summed E-state index contributed by atoms with van der Waals surface area (Å²) in [7, 11) is 0. The molecule has 112 valence electrons. The predicted octanol–water partition coefficient (Wildman–Crippen LogP) is 2.34. The van der Waals surface area contributed by atoms with E-state index >= 15 is 0 Å². The van der Waals surface area contributed by atoms with Crippen molar-refractivity contribution in [2.45, 2.75) is 40.0 Å². The minimum Gasteiger partial charge on any atom is -0.335 e. The van der Waals surface area contributed by atoms with Crippen molar-refractivity contribution in [2.24, 2.45) is 5.92 Å². The maximum Gasteiger partial charge on any atom is 0.265 e. The first-order valence-electron chi connectivity index (χ1n) is 7.60. The van der Waals surface area contributed by atoms with Crippen LogP contribution in [0.15, 0.2) is 0 Å². The molecule has 1 amide bonds. The normalized spacial score (nSPS) is 15.9. The second-order valence-corrected chi connectivity index (χ2v) is 6.86. The number of nitrogens with zero attached hydrogens (tertiary/aromatic N) is 2. The van der Waals surface area contributed by atoms with E-state index in [1.54, 1.807) is 11.3 Å². The van der Waals surface area contributed by atoms with Gasteiger partial charge < -0.3 is 10.2 Å². The number of hydrogen-bond acceptors (Lipinski definition) is 4. The van der Waals surface area contributed by atoms with Gasteiger partial charge in [-0.1, -0.05) is 27.2 Å². The molecule has 2 rings (SSSR count). The van der Waals surface area contributed by atoms with E-state index < -0.39 is 0 Å². The van der Waals surface area contributed by atoms with Crippen molar-refractivity contribution in [3.63, 3.8) is 0 Å². The van der Waals surface area contributed by atoms with Crippen molar-refractivity contribution in [1.82, 2.24) is 15.2 Å². The zero-order chi connectivity index (χ0) is 14.5. The van der Waals surface area contributed by atoms with Crippen molar-refractivity contribution in [3.8, 4) is 0 Å². The van der Waals surface area contributed by atoms with Crippen LogP contribution >= 0.6 is 11.3 Å². The minimum absolute atomic E-state index is 0.183. The lowest BCUT2D eigenvalue weighted by atomic mass is 10.1. The zero-order valence-electron chi connectivity index (χ0n) is 12.7. The van der Waals surface area contributed by atoms with Crippen molar-refractivity contribution in [1.29, 1.82) is 0 Å². The maximum absolute atomic E-state index is 12.7. The topological polar surface area (TPSA) is 45.2 Å². The van der Waals surface area contributed by atoms with Gasteiger partial charge >= 0.3 is 0 Å². The number of hydrogen-bond donors (Lipinski definition) is 1. The number of aromatic nitrogens is 1. The van der Waals surface area contributed by atoms with Crippen LogP contribution in [0.4, 0.5) is 0 Å². The summed E-state index contributed by atoms with van der Waals surface area (Å²) in [6.07, 6.45) is 2.91. The molecule has 0 spiro atoms. The van der Waals surface area contributed by atoms with Crippen LogP contribution in [0.2, 0.25) is 0 Å². The highest BCUT2D eigenvalue weighted by Crippen LogP contribution is 2.24. The van der Waals surface area contributed by atoms with Crippen molar-refractivity contribution in [3.05, 3.63) is 15.6 Å². The zero-order valence-corrected chi connectivity index (χ0v) is 13.6. The number of carbonyl (C=O) groups excluding carboxylic acids is 1. The first kappa shape index (κ1) is 15.4. The number of rotatable bonds is 5. The highest BCUT2D eigenvalue weighted by Gasteiger charge is 2.24. The second-order valence-electron chi connectivity index (χ2n) is 5.77. The summed E-state index contributed by atoms with van der Waals surface area (Å²) in [4.78, 5) is 20.2. The van der Waals surface area contributed by atoms with E-state index in [2.05, 4.69) is 26.1 Å². The van der Waals surface area contributed by atoms with Crippen LogP contribution in [-0.4, -0.2) is 42.0 Å². The summed E-state index contributed by atoms with van der Waals surface area (Å²) in [5.74, 6) is 0.764. The molecule has 0 saturated carbocycles. The Kier molecular flexibility index (Phi) is 5.54. The van der Waals surface area contributed by atoms with Crippen LogP contribution in [0, 0.1) is 5.92 Å². The third-order valence-electron chi connectivity index (χ3n) is 3.41. The molecule has 0 aromatic carbocycles. The molecule has 20 heavy (non-hydrogen) atoms. The summed E-state index contributed by atoms with van der Waals surface area (Å²) >= 11 is 1.61. The lowest BCUT2D eigenvalue weighted by Crippen LogP contribution is -2.46. The number of aryl methyl sites for hydroxylation is 1. The van der Waals surface area contributed by atoms with Gasteiger partial charge in [0.05, 0.1) is 10.7 Å². The molecule has 1 aromatic heterocycles. The fourth-order valence-electron chi connectivity index (χ4n) is 2.42. The van der Waals surface area contributed by atoms with Crippen molar-refractivity contribution < 1.29 is 4.79 Å². The highest BCUT2D eigenvalue weighted by atomic mass is 32.1. The third-order valence-corrected chi connectivity index (χ3v) is 4.52. The van der Waals surface area contributed by atoms with Crippen molar-refractivity contribution in [2.75, 3.05) is 26.2 Å². The second kappa shape index (κ2) is 7.18. The molecule has 0 unspecified atom stereocenters. The van der Waals surface area contributed by atoms with Gasteiger partial charge in [0.15, 0.2) is 0 Å². The summed E-state index contributed by atoms with van der Waals surface area (Å²) < 4.78 is 0. The lowest BCUT2D eigenvalue weighted by molar-refractivity contribution is 0.0739. The van der Waals surface area contributed by atoms with E-state index in [-0.39, 0.29) is 5.91 Å². The molecule has 0 bridgehead atoms. The first-order chi connectivity index (χ1) is 9.61. The number of thiazole rings is 1. The summed E-state index contributed by atoms with van der Waals surface area (Å²) in [6, 6.07) is 0. The predicted molar refractivity (Wildman–Crippen MR) is 83.4 cm³/mol. The van der Waals surface area contributed by atoms with Gasteiger partial charge in [0.25, 0.3) is 5.91 Å². The van der Waals surface area contributed by atoms with Gasteiger partial charge in [-0.2, -0.15) is 0 Å². The van der Waals surface area contributed by atoms with E-state index in [4.69, 9.17) is 4.98 Å². The smallest absolute Gasteiger partial charge is 0.265 e. The van der Waals surface area contributed by atoms with E-state index in [0.29, 0.717) is 5.92 Å². The van der Waals surface area contributed by atoms with Crippen LogP contribution in [0.1, 0.15) is 47.6 Å². The fourth-order valence-corrected chi connectivity index (χ4v) is 3.71. The molecule has 4 nitrogen and oxygen atoms in total. The van der Waals surface area contributed by atoms with Crippen LogP contribution in [-0.2, 0) is 12.8 Å². The number of carbonyl (C=O) groups is 1. The van der Waals surface area contributed by atoms with Gasteiger partial charge in [-0.3, -0.25) is 4.79 Å². The Morgan fingerprint density at radius 1 is 1.40 bits per heavy atom. The summed E-state index contributed by atoms with van der Waals surface area (Å²) in [5.41, 5.74) is 1.01. The average molecular weight is 295 g/mol. The fraction of sp³-hybridized carbons (Fsp3) is 0.733. The Bertz CT molecular complexity index is 450. The van der Waals surface area contributed by atoms with Gasteiger partial charge in [-0.05, 0) is 12.3 Å². The Morgan fingerprint density at radius 3 is 2.70 bits per heavy atom. The van der Waals surface area contributed by atoms with E-state index in [9.17, 15) is 4.79 Å². The van der Waals surface area contributed by atoms with Crippen LogP contribution in [0.25, 0.3) is 0 Å². The Hall–Kier alpha value is -0.940. The first-order valence-corrected chi connectivity index (χ1v) is 8.42. The molecular weight excluding hydrogens is 270 g/mol. The quantitative estimate of drug-likeness (QED) is 0.907. The number of amides is 1. The average Bonchev–Trinajstić information content (AvgIpc) is 2.81. The SMILES string of the molecule is CCCc1nc(CC(C)C)sc1C(=O)N1CCNCC1. The molecule has 1 N–H and O–H groups in total. The standard InChI is InChI=1S/C15H25N3OS/c1-4-5-12-14(20-13(17-12)10-11(2)3)15(19)18-8-6-16-7-9-18/h11,16H,4-10H2,1-3H3. The molecule has 2 heterocycles. The molecular formula is C15H25N3OS. The molecule has 1 saturated heterocycles. The van der Waals surface area contributed by atoms with Gasteiger partial charge in [0.1, 0.15) is 4.88 Å². The number of nitrogens with one attached hydrogen (secondary N) is 1. The molecule has 0 atom stereocenters. The van der Waals surface area contributed by atoms with E-state index in [1.165, 1.54) is 0 Å². The Morgan fingerprint density at radius 2 is 2.10 bits per heavy atom. The Labute approximate surface area is 125 Å². The van der Waals surface area contributed by atoms with Crippen LogP contribution in [0.5, 0.6) is 0 Å². The molecule has 1 aromatic rings. The van der Waals surface area contributed by atoms with E-state index in [0.717, 1.165) is 61.0 Å². The molecule has 0 radical (unpaired) electrons. The molecule has 1 aliphatic heterocycles. The monoisotopic (exact) mass is 295 g/mol. The highest BCUT2D eigenvalue weighted by molar-refractivity contribution is 7.13. The van der Waals surface area contributed by atoms with Crippen LogP contribution in [0.3, 0.4) is 0 Å². The van der Waals surface area contributed by atoms with Crippen molar-refractivity contribution >= 4 is 17.2 Å². The molecule has 0 aliphatic carbocycles. The van der Waals surface area contributed by atoms with Gasteiger partial charge in [0, 0.05) is 32.6 Å². The Balaban J connectivity index is 2.18. The minimum atomic E-state index is 0.183. The van der Waals surface area contributed by atoms with Gasteiger partial charge in [0.2, 0.25) is 0 Å². The number of piperazine rings is 1. The maximum atomic E-state index is 12.7. The summed E-state index contributed by atoms with van der Waals surface area (Å²) in [6.45, 7) is 9.93. The largest absolute Gasteiger partial charge is 0.335 e. The lowest BCUT2D eigenvalue weighted by Gasteiger charge is -2.27. The van der Waals surface area contributed by atoms with Crippen LogP contribution < -0.4 is 5.32 Å². The summed E-state index contributed by atoms with van der Waals surface area (Å²) in [5, 5.41) is 4.40. The molecule has 5 heteroatoms. The molecule has 1 fully saturated rings. The van der Waals surface area contributed by atoms with Gasteiger partial charge in [-0.15, -0.1) is 11.3 Å². The molecule has 1 aliphatic rings.